The second kappa shape index (κ2) is 16.6. The maximum absolute atomic E-state index is 14.4. The first kappa shape index (κ1) is 36.4. The van der Waals surface area contributed by atoms with Crippen molar-refractivity contribution in [3.05, 3.63) is 65.6 Å². The molecular weight excluding hydrogens is 634 g/mol. The molecule has 4 amide bonds. The van der Waals surface area contributed by atoms with Gasteiger partial charge in [-0.15, -0.1) is 10.2 Å². The van der Waals surface area contributed by atoms with E-state index in [2.05, 4.69) is 41.6 Å². The number of carbonyl (C=O) groups excluding carboxylic acids is 5. The zero-order valence-corrected chi connectivity index (χ0v) is 28.3. The second-order valence-corrected chi connectivity index (χ2v) is 12.7. The van der Waals surface area contributed by atoms with Crippen molar-refractivity contribution in [3.8, 4) is 0 Å². The van der Waals surface area contributed by atoms with E-state index in [1.54, 1.807) is 39.8 Å². The van der Waals surface area contributed by atoms with Crippen LogP contribution in [0.25, 0.3) is 0 Å². The van der Waals surface area contributed by atoms with Gasteiger partial charge in [-0.2, -0.15) is 5.21 Å². The summed E-state index contributed by atoms with van der Waals surface area (Å²) in [5, 5.41) is 21.6. The van der Waals surface area contributed by atoms with Gasteiger partial charge in [-0.05, 0) is 50.3 Å². The van der Waals surface area contributed by atoms with Crippen LogP contribution in [0.1, 0.15) is 70.8 Å². The summed E-state index contributed by atoms with van der Waals surface area (Å²) in [4.78, 5) is 73.0. The molecule has 0 aliphatic carbocycles. The number of aromatic nitrogens is 5. The first-order chi connectivity index (χ1) is 23.4. The third-order valence-electron chi connectivity index (χ3n) is 7.83. The van der Waals surface area contributed by atoms with Gasteiger partial charge in [-0.1, -0.05) is 61.9 Å². The van der Waals surface area contributed by atoms with E-state index < -0.39 is 53.5 Å². The molecule has 4 N–H and O–H groups in total. The lowest BCUT2D eigenvalue weighted by molar-refractivity contribution is -0.145. The maximum Gasteiger partial charge on any atom is 0.408 e. The highest BCUT2D eigenvalue weighted by Gasteiger charge is 2.43. The molecule has 16 heteroatoms. The molecule has 49 heavy (non-hydrogen) atoms. The molecule has 262 valence electrons. The van der Waals surface area contributed by atoms with E-state index in [4.69, 9.17) is 9.47 Å². The molecule has 0 spiro atoms. The van der Waals surface area contributed by atoms with Gasteiger partial charge in [-0.3, -0.25) is 24.1 Å². The maximum atomic E-state index is 14.4. The van der Waals surface area contributed by atoms with Crippen LogP contribution in [0, 0.1) is 5.92 Å². The van der Waals surface area contributed by atoms with Crippen molar-refractivity contribution in [2.45, 2.75) is 97.2 Å². The highest BCUT2D eigenvalue weighted by Crippen LogP contribution is 2.31. The van der Waals surface area contributed by atoms with Crippen LogP contribution in [0.3, 0.4) is 0 Å². The average Bonchev–Trinajstić information content (AvgIpc) is 3.74. The van der Waals surface area contributed by atoms with E-state index in [-0.39, 0.29) is 50.0 Å². The monoisotopic (exact) mass is 677 g/mol. The molecule has 1 aliphatic rings. The number of aromatic amines is 1. The Morgan fingerprint density at radius 1 is 1.06 bits per heavy atom. The zero-order chi connectivity index (χ0) is 35.6. The number of H-pyrrole nitrogens is 1. The van der Waals surface area contributed by atoms with Crippen molar-refractivity contribution >= 4 is 35.6 Å². The van der Waals surface area contributed by atoms with E-state index in [0.717, 1.165) is 5.56 Å². The quantitative estimate of drug-likeness (QED) is 0.182. The van der Waals surface area contributed by atoms with Crippen LogP contribution in [0.5, 0.6) is 0 Å². The van der Waals surface area contributed by atoms with Gasteiger partial charge in [0.2, 0.25) is 11.8 Å². The number of hydrogen-bond donors (Lipinski definition) is 4. The number of amides is 4. The van der Waals surface area contributed by atoms with Crippen LogP contribution in [0.4, 0.5) is 10.6 Å². The number of alkyl carbamates (subject to hydrolysis) is 1. The van der Waals surface area contributed by atoms with Gasteiger partial charge in [0.15, 0.2) is 5.82 Å². The van der Waals surface area contributed by atoms with Gasteiger partial charge < -0.3 is 25.4 Å². The van der Waals surface area contributed by atoms with E-state index in [1.807, 2.05) is 37.3 Å². The number of anilines is 1. The predicted octanol–water partition coefficient (Wildman–Crippen LogP) is 2.12. The molecular formula is C33H43N9O7. The Morgan fingerprint density at radius 3 is 2.49 bits per heavy atom. The molecule has 4 rings (SSSR count). The summed E-state index contributed by atoms with van der Waals surface area (Å²) in [7, 11) is 0. The van der Waals surface area contributed by atoms with Gasteiger partial charge in [0.05, 0.1) is 6.54 Å². The number of benzene rings is 1. The molecule has 1 aromatic carbocycles. The molecule has 16 nitrogen and oxygen atoms in total. The number of ether oxygens (including phenoxy) is 2. The minimum Gasteiger partial charge on any atom is -0.461 e. The van der Waals surface area contributed by atoms with Crippen molar-refractivity contribution in [2.24, 2.45) is 5.92 Å². The molecule has 1 aliphatic heterocycles. The molecule has 4 atom stereocenters. The second-order valence-electron chi connectivity index (χ2n) is 12.7. The minimum absolute atomic E-state index is 0.0343. The topological polar surface area (TPSA) is 210 Å². The van der Waals surface area contributed by atoms with Crippen LogP contribution < -0.4 is 20.9 Å². The molecule has 3 aromatic rings. The number of fused-ring (bicyclic) bond motifs is 1. The van der Waals surface area contributed by atoms with Gasteiger partial charge in [0.25, 0.3) is 5.91 Å². The Kier molecular flexibility index (Phi) is 12.4. The SMILES string of the molecule is CC[C@H](C)[C@H](NC(=O)OC(C)(C)C)C(=O)N[C@H](CCC(=O)OCc1ccccc1)C(=O)N1c2ncccc2C[C@H]1C(=O)NCc1nn[nH]n1. The van der Waals surface area contributed by atoms with Crippen molar-refractivity contribution < 1.29 is 33.4 Å². The summed E-state index contributed by atoms with van der Waals surface area (Å²) < 4.78 is 10.8. The van der Waals surface area contributed by atoms with Crippen molar-refractivity contribution in [3.63, 3.8) is 0 Å². The lowest BCUT2D eigenvalue weighted by atomic mass is 9.97. The van der Waals surface area contributed by atoms with Crippen LogP contribution in [-0.2, 0) is 48.2 Å². The first-order valence-corrected chi connectivity index (χ1v) is 16.1. The van der Waals surface area contributed by atoms with Crippen LogP contribution in [0.15, 0.2) is 48.7 Å². The van der Waals surface area contributed by atoms with Gasteiger partial charge in [-0.25, -0.2) is 9.78 Å². The molecule has 0 fully saturated rings. The smallest absolute Gasteiger partial charge is 0.408 e. The number of tetrazole rings is 1. The summed E-state index contributed by atoms with van der Waals surface area (Å²) >= 11 is 0. The fourth-order valence-corrected chi connectivity index (χ4v) is 5.16. The van der Waals surface area contributed by atoms with E-state index >= 15 is 0 Å². The number of rotatable bonds is 14. The van der Waals surface area contributed by atoms with Crippen molar-refractivity contribution in [1.82, 2.24) is 41.6 Å². The first-order valence-electron chi connectivity index (χ1n) is 16.1. The predicted molar refractivity (Wildman–Crippen MR) is 175 cm³/mol. The summed E-state index contributed by atoms with van der Waals surface area (Å²) in [6.07, 6.45) is 0.989. The summed E-state index contributed by atoms with van der Waals surface area (Å²) in [5.41, 5.74) is 0.622. The highest BCUT2D eigenvalue weighted by atomic mass is 16.6. The van der Waals surface area contributed by atoms with Crippen molar-refractivity contribution in [1.29, 1.82) is 0 Å². The Balaban J connectivity index is 1.58. The third-order valence-corrected chi connectivity index (χ3v) is 7.83. The Hall–Kier alpha value is -5.41. The molecule has 3 heterocycles. The lowest BCUT2D eigenvalue weighted by Gasteiger charge is -2.31. The summed E-state index contributed by atoms with van der Waals surface area (Å²) in [5.74, 6) is -2.27. The van der Waals surface area contributed by atoms with Crippen LogP contribution in [0.2, 0.25) is 0 Å². The third kappa shape index (κ3) is 10.3. The number of esters is 1. The summed E-state index contributed by atoms with van der Waals surface area (Å²) in [6, 6.07) is 9.17. The van der Waals surface area contributed by atoms with E-state index in [1.165, 1.54) is 11.1 Å². The molecule has 2 aromatic heterocycles. The largest absolute Gasteiger partial charge is 0.461 e. The van der Waals surface area contributed by atoms with Crippen molar-refractivity contribution in [2.75, 3.05) is 4.90 Å². The Morgan fingerprint density at radius 2 is 1.82 bits per heavy atom. The number of carbonyl (C=O) groups is 5. The lowest BCUT2D eigenvalue weighted by Crippen LogP contribution is -2.59. The average molecular weight is 678 g/mol. The fourth-order valence-electron chi connectivity index (χ4n) is 5.16. The van der Waals surface area contributed by atoms with Gasteiger partial charge in [0.1, 0.15) is 36.2 Å². The Labute approximate surface area is 284 Å². The molecule has 0 bridgehead atoms. The minimum atomic E-state index is -1.30. The number of hydrogen-bond acceptors (Lipinski definition) is 11. The standard InChI is InChI=1S/C33H43N9O7/c1-6-20(2)27(37-32(47)49-33(3,4)5)30(45)36-23(14-15-26(43)48-19-21-11-8-7-9-12-21)31(46)42-24(17-22-13-10-16-34-28(22)42)29(44)35-18-25-38-40-41-39-25/h7-13,16,20,23-24,27H,6,14-15,17-19H2,1-5H3,(H,35,44)(H,36,45)(H,37,47)(H,38,39,40,41)/t20-,23+,24-,27-/m0/s1. The molecule has 0 radical (unpaired) electrons. The van der Waals surface area contributed by atoms with Crippen LogP contribution in [-0.4, -0.2) is 79.1 Å². The zero-order valence-electron chi connectivity index (χ0n) is 28.3. The van der Waals surface area contributed by atoms with E-state index in [9.17, 15) is 24.0 Å². The highest BCUT2D eigenvalue weighted by molar-refractivity contribution is 6.06. The number of pyridine rings is 1. The van der Waals surface area contributed by atoms with E-state index in [0.29, 0.717) is 12.0 Å². The summed E-state index contributed by atoms with van der Waals surface area (Å²) in [6.45, 7) is 8.74. The number of nitrogens with one attached hydrogen (secondary N) is 4. The van der Waals surface area contributed by atoms with Crippen LogP contribution >= 0.6 is 0 Å². The normalized spacial score (nSPS) is 15.7. The molecule has 0 saturated heterocycles. The van der Waals surface area contributed by atoms with Gasteiger partial charge in [0, 0.05) is 19.0 Å². The molecule has 0 unspecified atom stereocenters. The van der Waals surface area contributed by atoms with Gasteiger partial charge >= 0.3 is 12.1 Å². The fraction of sp³-hybridized carbons (Fsp3) is 0.485. The molecule has 0 saturated carbocycles. The Bertz CT molecular complexity index is 1600. The number of nitrogens with zero attached hydrogens (tertiary/aromatic N) is 5.